The zero-order valence-electron chi connectivity index (χ0n) is 12.1. The second kappa shape index (κ2) is 6.33. The number of methoxy groups -OCH3 is 2. The molecule has 106 valence electrons. The molecule has 0 aliphatic rings. The van der Waals surface area contributed by atoms with Gasteiger partial charge in [0, 0.05) is 11.5 Å². The zero-order chi connectivity index (χ0) is 14.5. The van der Waals surface area contributed by atoms with Crippen molar-refractivity contribution in [2.24, 2.45) is 0 Å². The molecule has 0 radical (unpaired) electrons. The van der Waals surface area contributed by atoms with E-state index in [1.807, 2.05) is 18.2 Å². The van der Waals surface area contributed by atoms with E-state index in [4.69, 9.17) is 9.47 Å². The van der Waals surface area contributed by atoms with Crippen LogP contribution in [0.2, 0.25) is 0 Å². The van der Waals surface area contributed by atoms with E-state index in [0.29, 0.717) is 11.5 Å². The summed E-state index contributed by atoms with van der Waals surface area (Å²) in [5, 5.41) is 10.3. The number of rotatable bonds is 5. The Morgan fingerprint density at radius 1 is 1.00 bits per heavy atom. The van der Waals surface area contributed by atoms with Gasteiger partial charge in [-0.1, -0.05) is 37.3 Å². The third kappa shape index (κ3) is 2.57. The number of hydrogen-bond donors (Lipinski definition) is 1. The number of benzene rings is 2. The minimum atomic E-state index is 0.0706. The van der Waals surface area contributed by atoms with Crippen LogP contribution < -0.4 is 9.47 Å². The predicted molar refractivity (Wildman–Crippen MR) is 79.8 cm³/mol. The standard InChI is InChI=1S/C17H20O3/c1-4-13(12-8-6-5-7-9-12)16-14(18)10-11-15(19-2)17(16)20-3/h5-11,13,18H,4H2,1-3H3. The molecular formula is C17H20O3. The molecule has 3 heteroatoms. The molecule has 0 aromatic heterocycles. The van der Waals surface area contributed by atoms with Gasteiger partial charge in [-0.3, -0.25) is 0 Å². The molecule has 0 bridgehead atoms. The number of phenolic OH excluding ortho intramolecular Hbond substituents is 1. The van der Waals surface area contributed by atoms with Crippen LogP contribution in [0.1, 0.15) is 30.4 Å². The van der Waals surface area contributed by atoms with Gasteiger partial charge >= 0.3 is 0 Å². The van der Waals surface area contributed by atoms with Crippen molar-refractivity contribution >= 4 is 0 Å². The minimum absolute atomic E-state index is 0.0706. The van der Waals surface area contributed by atoms with E-state index < -0.39 is 0 Å². The molecule has 0 heterocycles. The van der Waals surface area contributed by atoms with Gasteiger partial charge in [0.05, 0.1) is 14.2 Å². The van der Waals surface area contributed by atoms with Crippen LogP contribution in [-0.2, 0) is 0 Å². The molecule has 1 unspecified atom stereocenters. The summed E-state index contributed by atoms with van der Waals surface area (Å²) in [6.45, 7) is 2.09. The normalized spacial score (nSPS) is 11.9. The van der Waals surface area contributed by atoms with Gasteiger partial charge in [0.15, 0.2) is 11.5 Å². The van der Waals surface area contributed by atoms with Gasteiger partial charge in [-0.2, -0.15) is 0 Å². The molecule has 0 fully saturated rings. The van der Waals surface area contributed by atoms with Crippen LogP contribution in [0.3, 0.4) is 0 Å². The Morgan fingerprint density at radius 3 is 2.25 bits per heavy atom. The van der Waals surface area contributed by atoms with Gasteiger partial charge in [-0.05, 0) is 24.1 Å². The molecule has 0 aliphatic heterocycles. The van der Waals surface area contributed by atoms with Gasteiger partial charge in [-0.25, -0.2) is 0 Å². The number of phenols is 1. The Morgan fingerprint density at radius 2 is 1.70 bits per heavy atom. The van der Waals surface area contributed by atoms with Crippen molar-refractivity contribution in [2.45, 2.75) is 19.3 Å². The van der Waals surface area contributed by atoms with Crippen molar-refractivity contribution in [1.29, 1.82) is 0 Å². The fourth-order valence-electron chi connectivity index (χ4n) is 2.57. The van der Waals surface area contributed by atoms with Gasteiger partial charge in [0.25, 0.3) is 0 Å². The summed E-state index contributed by atoms with van der Waals surface area (Å²) < 4.78 is 10.8. The van der Waals surface area contributed by atoms with Crippen LogP contribution in [-0.4, -0.2) is 19.3 Å². The van der Waals surface area contributed by atoms with Crippen molar-refractivity contribution in [1.82, 2.24) is 0 Å². The highest BCUT2D eigenvalue weighted by molar-refractivity contribution is 5.57. The number of ether oxygens (including phenoxy) is 2. The molecule has 20 heavy (non-hydrogen) atoms. The summed E-state index contributed by atoms with van der Waals surface area (Å²) in [6.07, 6.45) is 0.862. The monoisotopic (exact) mass is 272 g/mol. The van der Waals surface area contributed by atoms with Crippen LogP contribution in [0.4, 0.5) is 0 Å². The molecule has 1 N–H and O–H groups in total. The topological polar surface area (TPSA) is 38.7 Å². The summed E-state index contributed by atoms with van der Waals surface area (Å²) in [6, 6.07) is 13.5. The van der Waals surface area contributed by atoms with E-state index in [0.717, 1.165) is 17.5 Å². The Kier molecular flexibility index (Phi) is 4.51. The van der Waals surface area contributed by atoms with Crippen LogP contribution in [0.25, 0.3) is 0 Å². The quantitative estimate of drug-likeness (QED) is 0.895. The third-order valence-electron chi connectivity index (χ3n) is 3.52. The fourth-order valence-corrected chi connectivity index (χ4v) is 2.57. The van der Waals surface area contributed by atoms with Crippen molar-refractivity contribution < 1.29 is 14.6 Å². The van der Waals surface area contributed by atoms with Gasteiger partial charge in [0.1, 0.15) is 5.75 Å². The molecule has 0 spiro atoms. The van der Waals surface area contributed by atoms with E-state index in [1.54, 1.807) is 26.4 Å². The third-order valence-corrected chi connectivity index (χ3v) is 3.52. The minimum Gasteiger partial charge on any atom is -0.508 e. The van der Waals surface area contributed by atoms with Gasteiger partial charge < -0.3 is 14.6 Å². The van der Waals surface area contributed by atoms with E-state index in [-0.39, 0.29) is 11.7 Å². The summed E-state index contributed by atoms with van der Waals surface area (Å²) in [5.41, 5.74) is 1.93. The lowest BCUT2D eigenvalue weighted by atomic mass is 9.87. The van der Waals surface area contributed by atoms with Crippen molar-refractivity contribution in [2.75, 3.05) is 14.2 Å². The SMILES string of the molecule is CCC(c1ccccc1)c1c(O)ccc(OC)c1OC. The molecule has 0 aliphatic carbocycles. The average Bonchev–Trinajstić information content (AvgIpc) is 2.50. The molecule has 2 rings (SSSR count). The molecule has 1 atom stereocenters. The van der Waals surface area contributed by atoms with Crippen LogP contribution in [0.15, 0.2) is 42.5 Å². The van der Waals surface area contributed by atoms with Crippen LogP contribution in [0.5, 0.6) is 17.2 Å². The summed E-state index contributed by atoms with van der Waals surface area (Å²) in [4.78, 5) is 0. The molecule has 3 nitrogen and oxygen atoms in total. The molecule has 2 aromatic rings. The summed E-state index contributed by atoms with van der Waals surface area (Å²) in [7, 11) is 3.20. The lowest BCUT2D eigenvalue weighted by Crippen LogP contribution is -2.04. The van der Waals surface area contributed by atoms with Crippen molar-refractivity contribution in [3.05, 3.63) is 53.6 Å². The van der Waals surface area contributed by atoms with Crippen molar-refractivity contribution in [3.8, 4) is 17.2 Å². The highest BCUT2D eigenvalue weighted by Gasteiger charge is 2.23. The van der Waals surface area contributed by atoms with Crippen LogP contribution >= 0.6 is 0 Å². The number of aromatic hydroxyl groups is 1. The maximum Gasteiger partial charge on any atom is 0.168 e. The Labute approximate surface area is 119 Å². The summed E-state index contributed by atoms with van der Waals surface area (Å²) in [5.74, 6) is 1.54. The van der Waals surface area contributed by atoms with E-state index in [1.165, 1.54) is 0 Å². The number of hydrogen-bond acceptors (Lipinski definition) is 3. The first kappa shape index (κ1) is 14.3. The highest BCUT2D eigenvalue weighted by Crippen LogP contribution is 2.44. The molecular weight excluding hydrogens is 252 g/mol. The Hall–Kier alpha value is -2.16. The molecule has 0 amide bonds. The second-order valence-electron chi connectivity index (χ2n) is 4.61. The van der Waals surface area contributed by atoms with E-state index in [2.05, 4.69) is 19.1 Å². The first-order valence-corrected chi connectivity index (χ1v) is 6.71. The van der Waals surface area contributed by atoms with Crippen molar-refractivity contribution in [3.63, 3.8) is 0 Å². The van der Waals surface area contributed by atoms with Gasteiger partial charge in [-0.15, -0.1) is 0 Å². The highest BCUT2D eigenvalue weighted by atomic mass is 16.5. The lowest BCUT2D eigenvalue weighted by molar-refractivity contribution is 0.345. The fraction of sp³-hybridized carbons (Fsp3) is 0.294. The summed E-state index contributed by atoms with van der Waals surface area (Å²) >= 11 is 0. The first-order valence-electron chi connectivity index (χ1n) is 6.71. The molecule has 0 saturated heterocycles. The lowest BCUT2D eigenvalue weighted by Gasteiger charge is -2.21. The maximum absolute atomic E-state index is 10.3. The Balaban J connectivity index is 2.60. The van der Waals surface area contributed by atoms with Gasteiger partial charge in [0.2, 0.25) is 0 Å². The second-order valence-corrected chi connectivity index (χ2v) is 4.61. The van der Waals surface area contributed by atoms with Crippen LogP contribution in [0, 0.1) is 0 Å². The zero-order valence-corrected chi connectivity index (χ0v) is 12.1. The van der Waals surface area contributed by atoms with E-state index in [9.17, 15) is 5.11 Å². The largest absolute Gasteiger partial charge is 0.508 e. The molecule has 2 aromatic carbocycles. The predicted octanol–water partition coefficient (Wildman–Crippen LogP) is 3.95. The first-order chi connectivity index (χ1) is 9.72. The maximum atomic E-state index is 10.3. The average molecular weight is 272 g/mol. The Bertz CT molecular complexity index is 564. The molecule has 0 saturated carbocycles. The smallest absolute Gasteiger partial charge is 0.168 e. The van der Waals surface area contributed by atoms with E-state index >= 15 is 0 Å².